The van der Waals surface area contributed by atoms with E-state index < -0.39 is 0 Å². The summed E-state index contributed by atoms with van der Waals surface area (Å²) in [6.45, 7) is 24.9. The third kappa shape index (κ3) is 9.30. The minimum absolute atomic E-state index is 0.133. The molecule has 6 rings (SSSR count). The molecule has 2 heterocycles. The fourth-order valence-electron chi connectivity index (χ4n) is 7.67. The zero-order valence-corrected chi connectivity index (χ0v) is 35.4. The van der Waals surface area contributed by atoms with Crippen molar-refractivity contribution in [3.63, 3.8) is 0 Å². The van der Waals surface area contributed by atoms with Crippen molar-refractivity contribution in [3.8, 4) is 22.5 Å². The molecule has 6 aromatic rings. The van der Waals surface area contributed by atoms with Crippen molar-refractivity contribution in [1.29, 1.82) is 0 Å². The number of hydrogen-bond donors (Lipinski definition) is 1. The molecule has 0 atom stereocenters. The first kappa shape index (κ1) is 43.2. The number of benzene rings is 4. The van der Waals surface area contributed by atoms with E-state index in [1.807, 2.05) is 64.4 Å². The van der Waals surface area contributed by atoms with Crippen LogP contribution in [0.3, 0.4) is 0 Å². The average Bonchev–Trinajstić information content (AvgIpc) is 3.20. The van der Waals surface area contributed by atoms with Crippen molar-refractivity contribution in [1.82, 2.24) is 9.97 Å². The summed E-state index contributed by atoms with van der Waals surface area (Å²) < 4.78 is 0. The highest BCUT2D eigenvalue weighted by molar-refractivity contribution is 6.04. The molecule has 296 valence electrons. The first-order chi connectivity index (χ1) is 27.1. The molecule has 2 aromatic heterocycles. The van der Waals surface area contributed by atoms with E-state index in [0.717, 1.165) is 108 Å². The van der Waals surface area contributed by atoms with Gasteiger partial charge in [0.2, 0.25) is 0 Å². The van der Waals surface area contributed by atoms with Gasteiger partial charge in [0.25, 0.3) is 5.69 Å². The summed E-state index contributed by atoms with van der Waals surface area (Å²) in [6, 6.07) is 24.3. The third-order valence-electron chi connectivity index (χ3n) is 10.2. The van der Waals surface area contributed by atoms with Crippen molar-refractivity contribution >= 4 is 44.3 Å². The lowest BCUT2D eigenvalue weighted by molar-refractivity contribution is -0.385. The van der Waals surface area contributed by atoms with E-state index >= 15 is 0 Å². The number of aryl methyl sites for hydroxylation is 2. The van der Waals surface area contributed by atoms with Crippen LogP contribution in [0.15, 0.2) is 85.2 Å². The smallest absolute Gasteiger partial charge is 0.272 e. The van der Waals surface area contributed by atoms with Gasteiger partial charge in [-0.05, 0) is 76.1 Å². The van der Waals surface area contributed by atoms with Crippen LogP contribution in [0.25, 0.3) is 44.1 Å². The Balaban J connectivity index is 0.000000239. The molecule has 0 saturated heterocycles. The molecule has 0 unspecified atom stereocenters. The van der Waals surface area contributed by atoms with E-state index in [1.165, 1.54) is 22.0 Å². The fourth-order valence-corrected chi connectivity index (χ4v) is 7.67. The summed E-state index contributed by atoms with van der Waals surface area (Å²) in [5.74, 6) is 0. The predicted octanol–water partition coefficient (Wildman–Crippen LogP) is 12.8. The van der Waals surface area contributed by atoms with E-state index in [4.69, 9.17) is 15.7 Å². The van der Waals surface area contributed by atoms with Crippen molar-refractivity contribution in [3.05, 3.63) is 118 Å². The number of anilines is 3. The van der Waals surface area contributed by atoms with Gasteiger partial charge >= 0.3 is 0 Å². The first-order valence-electron chi connectivity index (χ1n) is 20.4. The topological polar surface area (TPSA) is 101 Å². The molecule has 0 aliphatic rings. The monoisotopic (exact) mass is 754 g/mol. The molecule has 0 radical (unpaired) electrons. The largest absolute Gasteiger partial charge is 0.398 e. The Morgan fingerprint density at radius 2 is 0.946 bits per heavy atom. The van der Waals surface area contributed by atoms with E-state index in [9.17, 15) is 10.1 Å². The highest BCUT2D eigenvalue weighted by atomic mass is 16.6. The fraction of sp³-hybridized carbons (Fsp3) is 0.375. The maximum atomic E-state index is 11.4. The minimum Gasteiger partial charge on any atom is -0.398 e. The maximum absolute atomic E-state index is 11.4. The van der Waals surface area contributed by atoms with E-state index in [1.54, 1.807) is 6.07 Å². The van der Waals surface area contributed by atoms with Crippen LogP contribution in [0, 0.1) is 37.8 Å². The van der Waals surface area contributed by atoms with Crippen LogP contribution in [0.4, 0.5) is 22.7 Å². The van der Waals surface area contributed by atoms with Gasteiger partial charge in [0.1, 0.15) is 0 Å². The van der Waals surface area contributed by atoms with Gasteiger partial charge in [-0.2, -0.15) is 0 Å². The second-order valence-corrected chi connectivity index (χ2v) is 14.2. The van der Waals surface area contributed by atoms with Crippen LogP contribution < -0.4 is 15.5 Å². The molecule has 56 heavy (non-hydrogen) atoms. The number of aromatic nitrogens is 2. The Morgan fingerprint density at radius 1 is 0.571 bits per heavy atom. The lowest BCUT2D eigenvalue weighted by Crippen LogP contribution is -2.25. The molecule has 0 amide bonds. The second-order valence-electron chi connectivity index (χ2n) is 14.2. The molecular weight excluding hydrogens is 693 g/mol. The number of pyridine rings is 2. The zero-order chi connectivity index (χ0) is 40.9. The molecule has 0 aliphatic carbocycles. The number of nitrogen functional groups attached to an aromatic ring is 1. The molecule has 0 fully saturated rings. The third-order valence-corrected chi connectivity index (χ3v) is 10.2. The average molecular weight is 755 g/mol. The van der Waals surface area contributed by atoms with E-state index in [2.05, 4.69) is 93.8 Å². The van der Waals surface area contributed by atoms with Crippen LogP contribution in [0.5, 0.6) is 0 Å². The normalized spacial score (nSPS) is 10.8. The standard InChI is InChI=1S/C23H27N3O2.C23H29N3.C2H6/c1-5-13-25(14-6-2)21-15-24-23(19-10-8-7-9-18(19)21)22-16(3)11-12-20(17(22)4)26(27)28;1-5-13-26(14-6-2)21-15-25-23(19-10-8-7-9-18(19)21)22-16(3)11-12-20(24)17(22)4;1-2/h7-12,15H,5-6,13-14H2,1-4H3;7-12,15H,5-6,13-14,24H2,1-4H3;1-2H3. The van der Waals surface area contributed by atoms with Crippen LogP contribution >= 0.6 is 0 Å². The number of hydrogen-bond acceptors (Lipinski definition) is 7. The highest BCUT2D eigenvalue weighted by Crippen LogP contribution is 2.39. The summed E-state index contributed by atoms with van der Waals surface area (Å²) in [7, 11) is 0. The van der Waals surface area contributed by atoms with Gasteiger partial charge in [0.15, 0.2) is 0 Å². The first-order valence-corrected chi connectivity index (χ1v) is 20.4. The maximum Gasteiger partial charge on any atom is 0.272 e. The second kappa shape index (κ2) is 20.4. The summed E-state index contributed by atoms with van der Waals surface area (Å²) in [4.78, 5) is 25.7. The van der Waals surface area contributed by atoms with Gasteiger partial charge in [-0.1, -0.05) is 102 Å². The molecule has 2 N–H and O–H groups in total. The molecule has 0 aliphatic heterocycles. The van der Waals surface area contributed by atoms with Crippen molar-refractivity contribution in [2.45, 2.75) is 94.9 Å². The van der Waals surface area contributed by atoms with E-state index in [0.29, 0.717) is 5.56 Å². The predicted molar refractivity (Wildman–Crippen MR) is 241 cm³/mol. The van der Waals surface area contributed by atoms with Crippen molar-refractivity contribution in [2.24, 2.45) is 0 Å². The Bertz CT molecular complexity index is 2240. The number of nitrogens with zero attached hydrogens (tertiary/aromatic N) is 5. The molecule has 4 aromatic carbocycles. The number of nitro benzene ring substituents is 1. The van der Waals surface area contributed by atoms with Crippen molar-refractivity contribution in [2.75, 3.05) is 41.7 Å². The van der Waals surface area contributed by atoms with Crippen LogP contribution in [-0.4, -0.2) is 41.1 Å². The van der Waals surface area contributed by atoms with Crippen LogP contribution in [-0.2, 0) is 0 Å². The van der Waals surface area contributed by atoms with Crippen LogP contribution in [0.1, 0.15) is 89.5 Å². The molecule has 0 bridgehead atoms. The van der Waals surface area contributed by atoms with Gasteiger partial charge in [0.05, 0.1) is 40.1 Å². The number of fused-ring (bicyclic) bond motifs is 2. The van der Waals surface area contributed by atoms with Gasteiger partial charge in [-0.3, -0.25) is 20.1 Å². The highest BCUT2D eigenvalue weighted by Gasteiger charge is 2.21. The number of rotatable bonds is 13. The summed E-state index contributed by atoms with van der Waals surface area (Å²) in [5, 5.41) is 16.1. The molecule has 0 spiro atoms. The summed E-state index contributed by atoms with van der Waals surface area (Å²) >= 11 is 0. The van der Waals surface area contributed by atoms with Gasteiger partial charge in [-0.15, -0.1) is 0 Å². The molecular formula is C48H62N6O2. The van der Waals surface area contributed by atoms with Gasteiger partial charge < -0.3 is 15.5 Å². The van der Waals surface area contributed by atoms with Crippen LogP contribution in [0.2, 0.25) is 0 Å². The lowest BCUT2D eigenvalue weighted by Gasteiger charge is -2.26. The van der Waals surface area contributed by atoms with Gasteiger partial charge in [0, 0.05) is 76.2 Å². The Kier molecular flexibility index (Phi) is 15.8. The van der Waals surface area contributed by atoms with Gasteiger partial charge in [-0.25, -0.2) is 0 Å². The Hall–Kier alpha value is -5.50. The molecule has 8 nitrogen and oxygen atoms in total. The molecule has 0 saturated carbocycles. The Labute approximate surface area is 334 Å². The van der Waals surface area contributed by atoms with E-state index in [-0.39, 0.29) is 10.6 Å². The number of nitrogens with two attached hydrogens (primary N) is 1. The number of nitro groups is 1. The zero-order valence-electron chi connectivity index (χ0n) is 35.4. The van der Waals surface area contributed by atoms with Crippen molar-refractivity contribution < 1.29 is 4.92 Å². The summed E-state index contributed by atoms with van der Waals surface area (Å²) in [6.07, 6.45) is 8.37. The SMILES string of the molecule is CC.CCCN(CCC)c1cnc(-c2c(C)ccc(N)c2C)c2ccccc12.CCCN(CCC)c1cnc(-c2c(C)ccc([N+](=O)[O-])c2C)c2ccccc12. The summed E-state index contributed by atoms with van der Waals surface area (Å²) in [5.41, 5.74) is 17.3. The lowest BCUT2D eigenvalue weighted by atomic mass is 9.94. The Morgan fingerprint density at radius 3 is 1.34 bits per heavy atom. The molecule has 8 heteroatoms. The minimum atomic E-state index is -0.320. The quantitative estimate of drug-likeness (QED) is 0.0711.